The van der Waals surface area contributed by atoms with E-state index < -0.39 is 0 Å². The van der Waals surface area contributed by atoms with E-state index in [9.17, 15) is 4.79 Å². The monoisotopic (exact) mass is 204 g/mol. The Hall–Kier alpha value is -1.77. The fraction of sp³-hybridized carbons (Fsp3) is 0.250. The Morgan fingerprint density at radius 3 is 2.87 bits per heavy atom. The third kappa shape index (κ3) is 1.86. The molecule has 0 N–H and O–H groups in total. The first-order valence-corrected chi connectivity index (χ1v) is 4.76. The van der Waals surface area contributed by atoms with Crippen LogP contribution in [0.5, 0.6) is 5.75 Å². The molecule has 1 aliphatic rings. The van der Waals surface area contributed by atoms with Crippen LogP contribution in [-0.2, 0) is 16.0 Å². The minimum absolute atomic E-state index is 0.295. The van der Waals surface area contributed by atoms with Gasteiger partial charge in [-0.1, -0.05) is 6.07 Å². The molecule has 0 fully saturated rings. The van der Waals surface area contributed by atoms with Gasteiger partial charge in [0.2, 0.25) is 0 Å². The molecular weight excluding hydrogens is 192 g/mol. The third-order valence-corrected chi connectivity index (χ3v) is 2.34. The highest BCUT2D eigenvalue weighted by Crippen LogP contribution is 2.31. The van der Waals surface area contributed by atoms with Crippen molar-refractivity contribution in [2.24, 2.45) is 0 Å². The van der Waals surface area contributed by atoms with Crippen molar-refractivity contribution in [3.63, 3.8) is 0 Å². The lowest BCUT2D eigenvalue weighted by Crippen LogP contribution is -1.97. The summed E-state index contributed by atoms with van der Waals surface area (Å²) in [5, 5.41) is 0. The molecule has 78 valence electrons. The van der Waals surface area contributed by atoms with Crippen LogP contribution in [0.15, 0.2) is 24.3 Å². The highest BCUT2D eigenvalue weighted by Gasteiger charge is 2.17. The summed E-state index contributed by atoms with van der Waals surface area (Å²) in [6, 6.07) is 5.78. The van der Waals surface area contributed by atoms with E-state index in [-0.39, 0.29) is 5.97 Å². The summed E-state index contributed by atoms with van der Waals surface area (Å²) < 4.78 is 10.2. The van der Waals surface area contributed by atoms with E-state index in [1.54, 1.807) is 7.11 Å². The molecule has 1 aromatic carbocycles. The third-order valence-electron chi connectivity index (χ3n) is 2.34. The lowest BCUT2D eigenvalue weighted by atomic mass is 10.1. The van der Waals surface area contributed by atoms with E-state index in [2.05, 4.69) is 0 Å². The second kappa shape index (κ2) is 3.77. The van der Waals surface area contributed by atoms with Gasteiger partial charge in [0.15, 0.2) is 0 Å². The zero-order valence-corrected chi connectivity index (χ0v) is 8.74. The fourth-order valence-electron chi connectivity index (χ4n) is 1.65. The number of carbonyl (C=O) groups excluding carboxylic acids is 1. The molecule has 0 saturated carbocycles. The van der Waals surface area contributed by atoms with Gasteiger partial charge in [0.1, 0.15) is 11.5 Å². The summed E-state index contributed by atoms with van der Waals surface area (Å²) in [6.07, 6.45) is 2.72. The van der Waals surface area contributed by atoms with Gasteiger partial charge < -0.3 is 9.47 Å². The van der Waals surface area contributed by atoms with Crippen LogP contribution in [0.25, 0.3) is 5.76 Å². The van der Waals surface area contributed by atoms with Crippen LogP contribution < -0.4 is 4.74 Å². The Kier molecular flexibility index (Phi) is 2.46. The number of methoxy groups -OCH3 is 1. The molecule has 0 spiro atoms. The van der Waals surface area contributed by atoms with E-state index >= 15 is 0 Å². The number of ether oxygens (including phenoxy) is 2. The van der Waals surface area contributed by atoms with Crippen molar-refractivity contribution >= 4 is 11.7 Å². The van der Waals surface area contributed by atoms with E-state index in [1.807, 2.05) is 24.3 Å². The highest BCUT2D eigenvalue weighted by atomic mass is 16.5. The van der Waals surface area contributed by atoms with Crippen LogP contribution in [0.2, 0.25) is 0 Å². The smallest absolute Gasteiger partial charge is 0.308 e. The number of hydrogen-bond acceptors (Lipinski definition) is 3. The molecule has 0 unspecified atom stereocenters. The van der Waals surface area contributed by atoms with Gasteiger partial charge in [-0.25, -0.2) is 0 Å². The predicted octanol–water partition coefficient (Wildman–Crippen LogP) is 2.16. The predicted molar refractivity (Wildman–Crippen MR) is 56.4 cm³/mol. The summed E-state index contributed by atoms with van der Waals surface area (Å²) in [4.78, 5) is 10.9. The average Bonchev–Trinajstić information content (AvgIpc) is 2.60. The maximum atomic E-state index is 10.9. The quantitative estimate of drug-likeness (QED) is 0.692. The minimum atomic E-state index is -0.295. The van der Waals surface area contributed by atoms with Crippen molar-refractivity contribution in [1.82, 2.24) is 0 Å². The van der Waals surface area contributed by atoms with Crippen molar-refractivity contribution in [1.29, 1.82) is 0 Å². The molecule has 0 radical (unpaired) electrons. The van der Waals surface area contributed by atoms with Gasteiger partial charge in [0.05, 0.1) is 7.11 Å². The van der Waals surface area contributed by atoms with Gasteiger partial charge >= 0.3 is 5.97 Å². The number of carbonyl (C=O) groups is 1. The molecule has 0 amide bonds. The standard InChI is InChI=1S/C12H12O3/c1-8(13)15-12-6-4-9-3-5-10(14-2)7-11(9)12/h3,5-7H,4H2,1-2H3. The summed E-state index contributed by atoms with van der Waals surface area (Å²) >= 11 is 0. The van der Waals surface area contributed by atoms with Crippen molar-refractivity contribution < 1.29 is 14.3 Å². The molecular formula is C12H12O3. The first kappa shape index (κ1) is 9.77. The number of rotatable bonds is 2. The zero-order valence-electron chi connectivity index (χ0n) is 8.74. The normalized spacial score (nSPS) is 13.1. The molecule has 1 aliphatic carbocycles. The van der Waals surface area contributed by atoms with Crippen LogP contribution >= 0.6 is 0 Å². The van der Waals surface area contributed by atoms with Crippen molar-refractivity contribution in [3.8, 4) is 5.75 Å². The summed E-state index contributed by atoms with van der Waals surface area (Å²) in [5.41, 5.74) is 2.11. The lowest BCUT2D eigenvalue weighted by Gasteiger charge is -2.07. The Morgan fingerprint density at radius 1 is 1.40 bits per heavy atom. The second-order valence-corrected chi connectivity index (χ2v) is 3.39. The van der Waals surface area contributed by atoms with Gasteiger partial charge in [-0.05, 0) is 30.2 Å². The number of esters is 1. The highest BCUT2D eigenvalue weighted by molar-refractivity contribution is 5.79. The molecule has 0 saturated heterocycles. The van der Waals surface area contributed by atoms with Crippen molar-refractivity contribution in [3.05, 3.63) is 35.4 Å². The molecule has 3 heteroatoms. The van der Waals surface area contributed by atoms with Crippen LogP contribution in [0.4, 0.5) is 0 Å². The van der Waals surface area contributed by atoms with Crippen LogP contribution in [0.3, 0.4) is 0 Å². The molecule has 2 rings (SSSR count). The lowest BCUT2D eigenvalue weighted by molar-refractivity contribution is -0.134. The number of hydrogen-bond donors (Lipinski definition) is 0. The van der Waals surface area contributed by atoms with Crippen LogP contribution in [0, 0.1) is 0 Å². The van der Waals surface area contributed by atoms with Gasteiger partial charge in [-0.15, -0.1) is 0 Å². The van der Waals surface area contributed by atoms with Gasteiger partial charge in [-0.2, -0.15) is 0 Å². The van der Waals surface area contributed by atoms with E-state index in [0.29, 0.717) is 5.76 Å². The largest absolute Gasteiger partial charge is 0.497 e. The summed E-state index contributed by atoms with van der Waals surface area (Å²) in [6.45, 7) is 1.40. The Labute approximate surface area is 88.3 Å². The molecule has 0 bridgehead atoms. The van der Waals surface area contributed by atoms with Crippen LogP contribution in [-0.4, -0.2) is 13.1 Å². The second-order valence-electron chi connectivity index (χ2n) is 3.39. The molecule has 0 heterocycles. The maximum Gasteiger partial charge on any atom is 0.308 e. The summed E-state index contributed by atoms with van der Waals surface area (Å²) in [7, 11) is 1.62. The molecule has 3 nitrogen and oxygen atoms in total. The van der Waals surface area contributed by atoms with Gasteiger partial charge in [0.25, 0.3) is 0 Å². The molecule has 15 heavy (non-hydrogen) atoms. The molecule has 0 atom stereocenters. The first-order valence-electron chi connectivity index (χ1n) is 4.76. The van der Waals surface area contributed by atoms with Crippen molar-refractivity contribution in [2.45, 2.75) is 13.3 Å². The number of benzene rings is 1. The Bertz CT molecular complexity index is 432. The van der Waals surface area contributed by atoms with E-state index in [4.69, 9.17) is 9.47 Å². The van der Waals surface area contributed by atoms with Crippen molar-refractivity contribution in [2.75, 3.05) is 7.11 Å². The average molecular weight is 204 g/mol. The fourth-order valence-corrected chi connectivity index (χ4v) is 1.65. The van der Waals surface area contributed by atoms with E-state index in [1.165, 1.54) is 6.92 Å². The zero-order chi connectivity index (χ0) is 10.8. The molecule has 1 aromatic rings. The molecule has 0 aromatic heterocycles. The number of fused-ring (bicyclic) bond motifs is 1. The Balaban J connectivity index is 2.33. The van der Waals surface area contributed by atoms with Gasteiger partial charge in [0, 0.05) is 12.5 Å². The van der Waals surface area contributed by atoms with Crippen LogP contribution in [0.1, 0.15) is 18.1 Å². The maximum absolute atomic E-state index is 10.9. The van der Waals surface area contributed by atoms with Gasteiger partial charge in [-0.3, -0.25) is 4.79 Å². The SMILES string of the molecule is COc1ccc2c(c1)C(OC(C)=O)=CC2. The van der Waals surface area contributed by atoms with E-state index in [0.717, 1.165) is 23.3 Å². The first-order chi connectivity index (χ1) is 7.20. The molecule has 0 aliphatic heterocycles. The summed E-state index contributed by atoms with van der Waals surface area (Å²) in [5.74, 6) is 1.11. The topological polar surface area (TPSA) is 35.5 Å². The Morgan fingerprint density at radius 2 is 2.20 bits per heavy atom. The minimum Gasteiger partial charge on any atom is -0.497 e. The number of allylic oxidation sites excluding steroid dienone is 1.